The van der Waals surface area contributed by atoms with Crippen molar-refractivity contribution in [2.75, 3.05) is 0 Å². The maximum Gasteiger partial charge on any atom is 0.390 e. The fraction of sp³-hybridized carbons (Fsp3) is 0.455. The lowest BCUT2D eigenvalue weighted by atomic mass is 10.0. The van der Waals surface area contributed by atoms with Crippen molar-refractivity contribution in [3.8, 4) is 0 Å². The first-order chi connectivity index (χ1) is 7.46. The van der Waals surface area contributed by atoms with Crippen LogP contribution in [0.5, 0.6) is 0 Å². The summed E-state index contributed by atoms with van der Waals surface area (Å²) in [7, 11) is 0. The maximum absolute atomic E-state index is 12.2. The molecule has 0 fully saturated rings. The Morgan fingerprint density at radius 2 is 1.94 bits per heavy atom. The molecular formula is C11H10BrF3O. The number of rotatable bonds is 2. The quantitative estimate of drug-likeness (QED) is 0.746. The Morgan fingerprint density at radius 1 is 1.25 bits per heavy atom. The molecule has 1 aromatic rings. The molecule has 1 nitrogen and oxygen atoms in total. The van der Waals surface area contributed by atoms with Gasteiger partial charge in [0.15, 0.2) is 0 Å². The first kappa shape index (κ1) is 11.9. The van der Waals surface area contributed by atoms with E-state index in [4.69, 9.17) is 4.74 Å². The minimum absolute atomic E-state index is 0.495. The normalized spacial score (nSPS) is 17.2. The Bertz CT molecular complexity index is 389. The first-order valence-electron chi connectivity index (χ1n) is 4.86. The van der Waals surface area contributed by atoms with E-state index in [1.165, 1.54) is 0 Å². The molecule has 0 saturated heterocycles. The lowest BCUT2D eigenvalue weighted by molar-refractivity contribution is -0.134. The van der Waals surface area contributed by atoms with E-state index in [1.54, 1.807) is 12.1 Å². The van der Waals surface area contributed by atoms with Gasteiger partial charge in [0.1, 0.15) is 0 Å². The van der Waals surface area contributed by atoms with E-state index in [9.17, 15) is 13.2 Å². The molecule has 0 N–H and O–H groups in total. The minimum Gasteiger partial charge on any atom is -0.372 e. The molecular weight excluding hydrogens is 285 g/mol. The summed E-state index contributed by atoms with van der Waals surface area (Å²) in [5.74, 6) is 0. The van der Waals surface area contributed by atoms with Crippen molar-refractivity contribution in [3.05, 3.63) is 34.9 Å². The van der Waals surface area contributed by atoms with Crippen molar-refractivity contribution >= 4 is 15.9 Å². The molecule has 1 aliphatic heterocycles. The molecule has 0 amide bonds. The molecule has 0 aliphatic carbocycles. The van der Waals surface area contributed by atoms with Crippen LogP contribution >= 0.6 is 15.9 Å². The van der Waals surface area contributed by atoms with E-state index >= 15 is 0 Å². The molecule has 0 spiro atoms. The summed E-state index contributed by atoms with van der Waals surface area (Å²) in [5, 5.41) is 0. The van der Waals surface area contributed by atoms with Crippen LogP contribution in [-0.4, -0.2) is 6.18 Å². The lowest BCUT2D eigenvalue weighted by Crippen LogP contribution is -2.10. The number of benzene rings is 1. The van der Waals surface area contributed by atoms with Gasteiger partial charge in [0.05, 0.1) is 19.6 Å². The smallest absolute Gasteiger partial charge is 0.372 e. The summed E-state index contributed by atoms with van der Waals surface area (Å²) < 4.78 is 41.8. The van der Waals surface area contributed by atoms with Gasteiger partial charge >= 0.3 is 6.18 Å². The summed E-state index contributed by atoms with van der Waals surface area (Å²) in [6.45, 7) is 1.05. The molecule has 1 aromatic carbocycles. The molecule has 88 valence electrons. The highest BCUT2D eigenvalue weighted by Crippen LogP contribution is 2.36. The van der Waals surface area contributed by atoms with Gasteiger partial charge in [0.25, 0.3) is 0 Å². The van der Waals surface area contributed by atoms with Crippen LogP contribution in [0.3, 0.4) is 0 Å². The molecule has 1 aliphatic rings. The van der Waals surface area contributed by atoms with Gasteiger partial charge in [-0.05, 0) is 16.7 Å². The predicted octanol–water partition coefficient (Wildman–Crippen LogP) is 4.11. The molecule has 0 saturated carbocycles. The summed E-state index contributed by atoms with van der Waals surface area (Å²) in [4.78, 5) is -0.682. The highest BCUT2D eigenvalue weighted by Gasteiger charge is 2.31. The molecule has 0 aromatic heterocycles. The number of hydrogen-bond donors (Lipinski definition) is 0. The average molecular weight is 295 g/mol. The van der Waals surface area contributed by atoms with Gasteiger partial charge in [-0.15, -0.1) is 0 Å². The van der Waals surface area contributed by atoms with E-state index in [2.05, 4.69) is 15.9 Å². The van der Waals surface area contributed by atoms with Crippen LogP contribution in [0.4, 0.5) is 13.2 Å². The summed E-state index contributed by atoms with van der Waals surface area (Å²) in [6, 6.07) is 5.34. The van der Waals surface area contributed by atoms with Crippen LogP contribution in [0, 0.1) is 0 Å². The Hall–Kier alpha value is -0.550. The second-order valence-corrected chi connectivity index (χ2v) is 4.91. The van der Waals surface area contributed by atoms with Gasteiger partial charge in [-0.25, -0.2) is 0 Å². The molecule has 16 heavy (non-hydrogen) atoms. The topological polar surface area (TPSA) is 9.23 Å². The van der Waals surface area contributed by atoms with Gasteiger partial charge < -0.3 is 4.74 Å². The number of hydrogen-bond acceptors (Lipinski definition) is 1. The lowest BCUT2D eigenvalue weighted by Gasteiger charge is -2.13. The zero-order valence-electron chi connectivity index (χ0n) is 8.35. The number of halogens is 4. The van der Waals surface area contributed by atoms with E-state index in [0.29, 0.717) is 18.8 Å². The summed E-state index contributed by atoms with van der Waals surface area (Å²) in [6.07, 6.45) is -5.00. The van der Waals surface area contributed by atoms with Crippen molar-refractivity contribution in [1.82, 2.24) is 0 Å². The van der Waals surface area contributed by atoms with Crippen molar-refractivity contribution in [1.29, 1.82) is 0 Å². The predicted molar refractivity (Wildman–Crippen MR) is 57.3 cm³/mol. The van der Waals surface area contributed by atoms with Gasteiger partial charge in [0, 0.05) is 4.83 Å². The van der Waals surface area contributed by atoms with Gasteiger partial charge in [0.2, 0.25) is 0 Å². The maximum atomic E-state index is 12.2. The molecule has 0 radical (unpaired) electrons. The Kier molecular flexibility index (Phi) is 3.26. The largest absolute Gasteiger partial charge is 0.390 e. The van der Waals surface area contributed by atoms with Crippen LogP contribution < -0.4 is 0 Å². The van der Waals surface area contributed by atoms with E-state index in [0.717, 1.165) is 11.1 Å². The molecule has 0 bridgehead atoms. The fourth-order valence-corrected chi connectivity index (χ4v) is 2.36. The fourth-order valence-electron chi connectivity index (χ4n) is 1.71. The van der Waals surface area contributed by atoms with Crippen molar-refractivity contribution in [2.45, 2.75) is 30.6 Å². The molecule has 1 heterocycles. The Labute approximate surface area is 99.7 Å². The Balaban J connectivity index is 2.15. The third-order valence-corrected chi connectivity index (χ3v) is 3.37. The third-order valence-electron chi connectivity index (χ3n) is 2.52. The zero-order valence-corrected chi connectivity index (χ0v) is 9.94. The van der Waals surface area contributed by atoms with Crippen LogP contribution in [-0.2, 0) is 18.0 Å². The van der Waals surface area contributed by atoms with Crippen molar-refractivity contribution < 1.29 is 17.9 Å². The van der Waals surface area contributed by atoms with Gasteiger partial charge in [-0.1, -0.05) is 34.1 Å². The van der Waals surface area contributed by atoms with Crippen LogP contribution in [0.15, 0.2) is 18.2 Å². The summed E-state index contributed by atoms with van der Waals surface area (Å²) in [5.41, 5.74) is 2.71. The standard InChI is InChI=1S/C11H10BrF3O/c12-10(4-11(13,14)15)7-1-2-8-5-16-6-9(8)3-7/h1-3,10H,4-6H2. The second kappa shape index (κ2) is 4.37. The van der Waals surface area contributed by atoms with Crippen molar-refractivity contribution in [2.24, 2.45) is 0 Å². The van der Waals surface area contributed by atoms with Gasteiger partial charge in [-0.2, -0.15) is 13.2 Å². The highest BCUT2D eigenvalue weighted by molar-refractivity contribution is 9.09. The monoisotopic (exact) mass is 294 g/mol. The van der Waals surface area contributed by atoms with E-state index in [-0.39, 0.29) is 0 Å². The molecule has 5 heteroatoms. The summed E-state index contributed by atoms with van der Waals surface area (Å²) >= 11 is 3.07. The van der Waals surface area contributed by atoms with Crippen molar-refractivity contribution in [3.63, 3.8) is 0 Å². The second-order valence-electron chi connectivity index (χ2n) is 3.81. The first-order valence-corrected chi connectivity index (χ1v) is 5.77. The highest BCUT2D eigenvalue weighted by atomic mass is 79.9. The van der Waals surface area contributed by atoms with Crippen LogP contribution in [0.25, 0.3) is 0 Å². The molecule has 1 atom stereocenters. The van der Waals surface area contributed by atoms with E-state index in [1.807, 2.05) is 6.07 Å². The number of fused-ring (bicyclic) bond motifs is 1. The van der Waals surface area contributed by atoms with Crippen LogP contribution in [0.2, 0.25) is 0 Å². The average Bonchev–Trinajstić information content (AvgIpc) is 2.61. The SMILES string of the molecule is FC(F)(F)CC(Br)c1ccc2c(c1)COC2. The molecule has 1 unspecified atom stereocenters. The third kappa shape index (κ3) is 2.77. The van der Waals surface area contributed by atoms with Gasteiger partial charge in [-0.3, -0.25) is 0 Å². The number of ether oxygens (including phenoxy) is 1. The number of alkyl halides is 4. The minimum atomic E-state index is -4.15. The van der Waals surface area contributed by atoms with E-state index < -0.39 is 17.4 Å². The van der Waals surface area contributed by atoms with Crippen LogP contribution in [0.1, 0.15) is 27.9 Å². The molecule has 2 rings (SSSR count). The Morgan fingerprint density at radius 3 is 2.62 bits per heavy atom. The zero-order chi connectivity index (χ0) is 11.8.